The molecule has 1 fully saturated rings. The molecule has 0 bridgehead atoms. The first-order valence-corrected chi connectivity index (χ1v) is 31.5. The van der Waals surface area contributed by atoms with Crippen molar-refractivity contribution in [3.05, 3.63) is 0 Å². The molecule has 9 atom stereocenters. The van der Waals surface area contributed by atoms with Crippen molar-refractivity contribution in [2.45, 2.75) is 352 Å². The molecule has 70 heavy (non-hydrogen) atoms. The van der Waals surface area contributed by atoms with Crippen LogP contribution in [0.1, 0.15) is 303 Å². The summed E-state index contributed by atoms with van der Waals surface area (Å²) in [4.78, 5) is 23.6. The van der Waals surface area contributed by atoms with Crippen LogP contribution >= 0.6 is 7.82 Å². The Morgan fingerprint density at radius 1 is 0.429 bits per heavy atom. The first-order valence-electron chi connectivity index (χ1n) is 30.0. The van der Waals surface area contributed by atoms with E-state index in [2.05, 4.69) is 19.2 Å². The number of aliphatic hydroxyl groups excluding tert-OH is 6. The highest BCUT2D eigenvalue weighted by atomic mass is 31.2. The summed E-state index contributed by atoms with van der Waals surface area (Å²) in [6, 6.07) is -1.03. The summed E-state index contributed by atoms with van der Waals surface area (Å²) in [6.45, 7) is 3.94. The molecule has 418 valence electrons. The smallest absolute Gasteiger partial charge is 0.391 e. The molecule has 1 aliphatic carbocycles. The molecule has 0 aromatic heterocycles. The highest BCUT2D eigenvalue weighted by molar-refractivity contribution is 7.47. The molecule has 1 saturated carbocycles. The number of nitrogens with one attached hydrogen (secondary N) is 1. The number of phosphoric acid groups is 1. The number of amides is 1. The maximum absolute atomic E-state index is 13.1. The van der Waals surface area contributed by atoms with Gasteiger partial charge in [0.05, 0.1) is 18.8 Å². The number of unbranched alkanes of at least 4 members (excludes halogenated alkanes) is 41. The number of hydrogen-bond acceptors (Lipinski definition) is 10. The van der Waals surface area contributed by atoms with E-state index in [1.165, 1.54) is 225 Å². The van der Waals surface area contributed by atoms with E-state index < -0.39 is 63.2 Å². The molecule has 0 spiro atoms. The predicted molar refractivity (Wildman–Crippen MR) is 288 cm³/mol. The predicted octanol–water partition coefficient (Wildman–Crippen LogP) is 13.7. The standard InChI is InChI=1S/C57H114NO11P/c1-3-5-7-9-11-13-15-17-19-20-21-22-23-24-25-26-27-28-29-30-31-32-33-35-37-39-41-43-45-47-51(60)58-49(48-68-70(66,67)69-57-55(64)53(62)52(61)54(63)56(57)65)50(59)46-44-42-40-38-36-34-18-16-14-12-10-8-6-4-2/h49-50,52-57,59,61-65H,3-48H2,1-2H3,(H,58,60)(H,66,67)/t49-,50+,52?,53+,54?,55?,56?,57?/m0/s1. The van der Waals surface area contributed by atoms with Crippen molar-refractivity contribution in [2.75, 3.05) is 6.61 Å². The number of hydrogen-bond donors (Lipinski definition) is 8. The highest BCUT2D eigenvalue weighted by Gasteiger charge is 2.51. The lowest BCUT2D eigenvalue weighted by Crippen LogP contribution is -2.64. The summed E-state index contributed by atoms with van der Waals surface area (Å²) in [7, 11) is -5.06. The third-order valence-electron chi connectivity index (χ3n) is 14.9. The molecular weight excluding hydrogens is 906 g/mol. The van der Waals surface area contributed by atoms with Gasteiger partial charge in [-0.15, -0.1) is 0 Å². The normalized spacial score (nSPS) is 21.2. The number of carbonyl (C=O) groups is 1. The van der Waals surface area contributed by atoms with Crippen LogP contribution in [0.2, 0.25) is 0 Å². The molecule has 1 aliphatic rings. The molecule has 0 aromatic rings. The van der Waals surface area contributed by atoms with Gasteiger partial charge in [0.25, 0.3) is 0 Å². The van der Waals surface area contributed by atoms with Crippen molar-refractivity contribution in [3.63, 3.8) is 0 Å². The molecule has 0 aromatic carbocycles. The van der Waals surface area contributed by atoms with Crippen LogP contribution in [0.4, 0.5) is 0 Å². The van der Waals surface area contributed by atoms with E-state index in [-0.39, 0.29) is 12.3 Å². The van der Waals surface area contributed by atoms with Gasteiger partial charge in [-0.2, -0.15) is 0 Å². The average molecular weight is 1020 g/mol. The third-order valence-corrected chi connectivity index (χ3v) is 15.9. The van der Waals surface area contributed by atoms with Crippen molar-refractivity contribution < 1.29 is 53.9 Å². The zero-order valence-electron chi connectivity index (χ0n) is 45.4. The zero-order valence-corrected chi connectivity index (χ0v) is 46.3. The Hall–Kier alpha value is -0.660. The van der Waals surface area contributed by atoms with Gasteiger partial charge < -0.3 is 40.8 Å². The maximum atomic E-state index is 13.1. The van der Waals surface area contributed by atoms with Gasteiger partial charge in [0, 0.05) is 6.42 Å². The van der Waals surface area contributed by atoms with Crippen LogP contribution in [0.3, 0.4) is 0 Å². The van der Waals surface area contributed by atoms with E-state index in [1.54, 1.807) is 0 Å². The van der Waals surface area contributed by atoms with E-state index in [4.69, 9.17) is 9.05 Å². The van der Waals surface area contributed by atoms with Crippen LogP contribution in [0.5, 0.6) is 0 Å². The van der Waals surface area contributed by atoms with E-state index in [0.717, 1.165) is 38.5 Å². The summed E-state index contributed by atoms with van der Waals surface area (Å²) in [5.74, 6) is -0.300. The van der Waals surface area contributed by atoms with Gasteiger partial charge in [-0.1, -0.05) is 284 Å². The van der Waals surface area contributed by atoms with E-state index >= 15 is 0 Å². The van der Waals surface area contributed by atoms with Crippen molar-refractivity contribution >= 4 is 13.7 Å². The number of rotatable bonds is 52. The molecule has 0 heterocycles. The first kappa shape index (κ1) is 67.4. The van der Waals surface area contributed by atoms with Crippen LogP contribution in [-0.4, -0.2) is 96.8 Å². The summed E-state index contributed by atoms with van der Waals surface area (Å²) in [6.07, 6.45) is 43.0. The topological polar surface area (TPSA) is 206 Å². The van der Waals surface area contributed by atoms with E-state index in [9.17, 15) is 44.9 Å². The Morgan fingerprint density at radius 2 is 0.686 bits per heavy atom. The van der Waals surface area contributed by atoms with Crippen LogP contribution < -0.4 is 5.32 Å². The Labute approximate surface area is 429 Å². The van der Waals surface area contributed by atoms with E-state index in [1.807, 2.05) is 0 Å². The van der Waals surface area contributed by atoms with Gasteiger partial charge >= 0.3 is 7.82 Å². The lowest BCUT2D eigenvalue weighted by atomic mass is 9.85. The molecule has 12 nitrogen and oxygen atoms in total. The van der Waals surface area contributed by atoms with Crippen molar-refractivity contribution in [1.82, 2.24) is 5.32 Å². The van der Waals surface area contributed by atoms with Gasteiger partial charge in [-0.3, -0.25) is 13.8 Å². The number of carbonyl (C=O) groups excluding carboxylic acids is 1. The van der Waals surface area contributed by atoms with Crippen molar-refractivity contribution in [2.24, 2.45) is 0 Å². The minimum absolute atomic E-state index is 0.243. The van der Waals surface area contributed by atoms with Gasteiger partial charge in [0.15, 0.2) is 0 Å². The second kappa shape index (κ2) is 46.8. The Bertz CT molecular complexity index is 1190. The van der Waals surface area contributed by atoms with Crippen molar-refractivity contribution in [3.8, 4) is 0 Å². The fourth-order valence-electron chi connectivity index (χ4n) is 10.1. The molecule has 1 amide bonds. The summed E-state index contributed by atoms with van der Waals surface area (Å²) in [5.41, 5.74) is 0. The van der Waals surface area contributed by atoms with Gasteiger partial charge in [0.2, 0.25) is 5.91 Å². The summed E-state index contributed by atoms with van der Waals surface area (Å²) < 4.78 is 23.1. The fraction of sp³-hybridized carbons (Fsp3) is 0.982. The third kappa shape index (κ3) is 37.1. The SMILES string of the molecule is CCCCCCCCCCCCCCCCCCCCCCCCCCCCCCCC(=O)N[C@@H](COP(=O)(O)OC1C(O)C(O)C(O)[C@@H](O)C1O)[C@H](O)CCCCCCCCCCCCCCCC. The minimum Gasteiger partial charge on any atom is -0.391 e. The Kier molecular flexibility index (Phi) is 45.1. The largest absolute Gasteiger partial charge is 0.472 e. The summed E-state index contributed by atoms with van der Waals surface area (Å²) >= 11 is 0. The second-order valence-electron chi connectivity index (χ2n) is 21.6. The molecule has 0 saturated heterocycles. The molecular formula is C57H114NO11P. The van der Waals surface area contributed by atoms with Crippen molar-refractivity contribution in [1.29, 1.82) is 0 Å². The van der Waals surface area contributed by atoms with Crippen LogP contribution in [-0.2, 0) is 18.4 Å². The minimum atomic E-state index is -5.06. The van der Waals surface area contributed by atoms with E-state index in [0.29, 0.717) is 19.3 Å². The summed E-state index contributed by atoms with van der Waals surface area (Å²) in [5, 5.41) is 64.4. The monoisotopic (exact) mass is 1020 g/mol. The lowest BCUT2D eigenvalue weighted by molar-refractivity contribution is -0.220. The molecule has 13 heteroatoms. The Balaban J connectivity index is 2.23. The van der Waals surface area contributed by atoms with Gasteiger partial charge in [-0.25, -0.2) is 4.57 Å². The maximum Gasteiger partial charge on any atom is 0.472 e. The molecule has 0 aliphatic heterocycles. The Morgan fingerprint density at radius 3 is 0.986 bits per heavy atom. The zero-order chi connectivity index (χ0) is 51.3. The van der Waals surface area contributed by atoms with Crippen LogP contribution in [0.25, 0.3) is 0 Å². The molecule has 0 radical (unpaired) electrons. The highest BCUT2D eigenvalue weighted by Crippen LogP contribution is 2.47. The quantitative estimate of drug-likeness (QED) is 0.0212. The first-order chi connectivity index (χ1) is 33.9. The van der Waals surface area contributed by atoms with Crippen LogP contribution in [0, 0.1) is 0 Å². The molecule has 6 unspecified atom stereocenters. The average Bonchev–Trinajstić information content (AvgIpc) is 3.34. The second-order valence-corrected chi connectivity index (χ2v) is 23.0. The molecule has 8 N–H and O–H groups in total. The molecule has 1 rings (SSSR count). The number of phosphoric ester groups is 1. The number of aliphatic hydroxyl groups is 6. The van der Waals surface area contributed by atoms with Crippen LogP contribution in [0.15, 0.2) is 0 Å². The van der Waals surface area contributed by atoms with Gasteiger partial charge in [0.1, 0.15) is 36.6 Å². The fourth-order valence-corrected chi connectivity index (χ4v) is 11.1. The van der Waals surface area contributed by atoms with Gasteiger partial charge in [-0.05, 0) is 12.8 Å². The lowest BCUT2D eigenvalue weighted by Gasteiger charge is -2.41.